The molecule has 2 aliphatic rings. The number of rotatable bonds is 8. The van der Waals surface area contributed by atoms with E-state index in [1.807, 2.05) is 12.1 Å². The molecule has 0 N–H and O–H groups in total. The van der Waals surface area contributed by atoms with Crippen LogP contribution in [0.5, 0.6) is 0 Å². The first-order valence-corrected chi connectivity index (χ1v) is 14.0. The van der Waals surface area contributed by atoms with Gasteiger partial charge in [0, 0.05) is 11.8 Å². The Kier molecular flexibility index (Phi) is 14.2. The van der Waals surface area contributed by atoms with Gasteiger partial charge in [0.15, 0.2) is 0 Å². The molecule has 0 bridgehead atoms. The van der Waals surface area contributed by atoms with E-state index in [9.17, 15) is 0 Å². The molecule has 0 amide bonds. The molecular formula is C32H46N2. The molecule has 2 fully saturated rings. The van der Waals surface area contributed by atoms with E-state index in [0.717, 1.165) is 23.2 Å². The van der Waals surface area contributed by atoms with Crippen LogP contribution in [-0.4, -0.2) is 10.2 Å². The Morgan fingerprint density at radius 2 is 1.03 bits per heavy atom. The van der Waals surface area contributed by atoms with Crippen LogP contribution in [0.25, 0.3) is 0 Å². The number of hydrogen-bond acceptors (Lipinski definition) is 2. The molecule has 0 saturated heterocycles. The van der Waals surface area contributed by atoms with Gasteiger partial charge in [-0.25, -0.2) is 0 Å². The summed E-state index contributed by atoms with van der Waals surface area (Å²) in [5.41, 5.74) is 1.57. The Labute approximate surface area is 210 Å². The fraction of sp³-hybridized carbons (Fsp3) is 0.688. The number of nitrogens with zero attached hydrogens (tertiary/aromatic N) is 2. The van der Waals surface area contributed by atoms with Gasteiger partial charge in [-0.2, -0.15) is 0 Å². The Bertz CT molecular complexity index is 731. The van der Waals surface area contributed by atoms with E-state index >= 15 is 0 Å². The summed E-state index contributed by atoms with van der Waals surface area (Å²) in [4.78, 5) is 0. The van der Waals surface area contributed by atoms with Crippen molar-refractivity contribution in [1.29, 1.82) is 0 Å². The second kappa shape index (κ2) is 17.2. The van der Waals surface area contributed by atoms with Crippen LogP contribution >= 0.6 is 0 Å². The maximum absolute atomic E-state index is 4.32. The van der Waals surface area contributed by atoms with Crippen LogP contribution in [-0.2, 0) is 0 Å². The van der Waals surface area contributed by atoms with Gasteiger partial charge in [0.05, 0.1) is 0 Å². The molecule has 0 spiro atoms. The highest BCUT2D eigenvalue weighted by atomic mass is 15.1. The Morgan fingerprint density at radius 3 is 1.35 bits per heavy atom. The van der Waals surface area contributed by atoms with Crippen LogP contribution in [0.4, 0.5) is 0 Å². The van der Waals surface area contributed by atoms with E-state index in [4.69, 9.17) is 0 Å². The summed E-state index contributed by atoms with van der Waals surface area (Å²) >= 11 is 0. The fourth-order valence-electron chi connectivity index (χ4n) is 5.37. The fourth-order valence-corrected chi connectivity index (χ4v) is 5.37. The lowest BCUT2D eigenvalue weighted by Crippen LogP contribution is -2.13. The van der Waals surface area contributed by atoms with Crippen molar-refractivity contribution in [3.05, 3.63) is 23.5 Å². The van der Waals surface area contributed by atoms with Crippen molar-refractivity contribution in [3.63, 3.8) is 0 Å². The van der Waals surface area contributed by atoms with Gasteiger partial charge in [0.1, 0.15) is 11.4 Å². The minimum absolute atomic E-state index is 0.538. The maximum atomic E-state index is 4.32. The average Bonchev–Trinajstić information content (AvgIpc) is 2.90. The molecule has 1 aromatic heterocycles. The first-order valence-electron chi connectivity index (χ1n) is 14.0. The lowest BCUT2D eigenvalue weighted by molar-refractivity contribution is 0.294. The van der Waals surface area contributed by atoms with Crippen molar-refractivity contribution in [2.75, 3.05) is 0 Å². The lowest BCUT2D eigenvalue weighted by Gasteiger charge is -2.25. The van der Waals surface area contributed by atoms with Crippen LogP contribution in [0.1, 0.15) is 128 Å². The van der Waals surface area contributed by atoms with Crippen LogP contribution < -0.4 is 0 Å². The van der Waals surface area contributed by atoms with Crippen molar-refractivity contribution in [3.8, 4) is 36.5 Å². The Morgan fingerprint density at radius 1 is 0.647 bits per heavy atom. The molecule has 0 aliphatic heterocycles. The molecule has 0 radical (unpaired) electrons. The van der Waals surface area contributed by atoms with Gasteiger partial charge in [-0.3, -0.25) is 0 Å². The standard InChI is InChI=1S/C30H44N2.C2H2/c1-3-5-7-9-25-11-15-27(16-12-25)19-21-29-23-24-30(32-31-29)22-20-28-17-13-26(14-18-28)10-8-6-4-2;1-2/h23-28H,3-18H2,1-2H3;1-2H. The summed E-state index contributed by atoms with van der Waals surface area (Å²) in [7, 11) is 0. The SMILES string of the molecule is C#C.CCCCCC1CCC(C#Cc2ccc(C#CC3CCC(CCCCC)CC3)nn2)CC1. The normalized spacial score (nSPS) is 23.9. The third-order valence-electron chi connectivity index (χ3n) is 7.60. The Balaban J connectivity index is 0.00000199. The van der Waals surface area contributed by atoms with Crippen molar-refractivity contribution >= 4 is 0 Å². The first kappa shape index (κ1) is 28.0. The Hall–Kier alpha value is -2.24. The van der Waals surface area contributed by atoms with E-state index < -0.39 is 0 Å². The highest BCUT2D eigenvalue weighted by Crippen LogP contribution is 2.32. The van der Waals surface area contributed by atoms with E-state index in [1.165, 1.54) is 103 Å². The highest BCUT2D eigenvalue weighted by molar-refractivity contribution is 5.32. The van der Waals surface area contributed by atoms with Crippen molar-refractivity contribution in [2.45, 2.75) is 117 Å². The lowest BCUT2D eigenvalue weighted by atomic mass is 9.80. The molecule has 2 heteroatoms. The van der Waals surface area contributed by atoms with Crippen LogP contribution in [0, 0.1) is 60.2 Å². The van der Waals surface area contributed by atoms with Crippen LogP contribution in [0.3, 0.4) is 0 Å². The molecule has 3 rings (SSSR count). The number of aromatic nitrogens is 2. The monoisotopic (exact) mass is 458 g/mol. The smallest absolute Gasteiger partial charge is 0.135 e. The largest absolute Gasteiger partial charge is 0.141 e. The molecule has 1 aromatic rings. The first-order chi connectivity index (χ1) is 16.8. The predicted molar refractivity (Wildman–Crippen MR) is 145 cm³/mol. The molecule has 0 aromatic carbocycles. The molecular weight excluding hydrogens is 412 g/mol. The predicted octanol–water partition coefficient (Wildman–Crippen LogP) is 8.20. The second-order valence-corrected chi connectivity index (χ2v) is 10.3. The molecule has 2 nitrogen and oxygen atoms in total. The molecule has 2 saturated carbocycles. The van der Waals surface area contributed by atoms with Gasteiger partial charge in [-0.15, -0.1) is 23.0 Å². The summed E-state index contributed by atoms with van der Waals surface area (Å²) in [6.45, 7) is 4.57. The summed E-state index contributed by atoms with van der Waals surface area (Å²) in [5, 5.41) is 8.64. The topological polar surface area (TPSA) is 25.8 Å². The van der Waals surface area contributed by atoms with Gasteiger partial charge in [-0.05, 0) is 87.2 Å². The molecule has 1 heterocycles. The van der Waals surface area contributed by atoms with E-state index in [1.54, 1.807) is 0 Å². The molecule has 34 heavy (non-hydrogen) atoms. The maximum Gasteiger partial charge on any atom is 0.135 e. The minimum Gasteiger partial charge on any atom is -0.141 e. The number of hydrogen-bond donors (Lipinski definition) is 0. The van der Waals surface area contributed by atoms with E-state index in [-0.39, 0.29) is 0 Å². The average molecular weight is 459 g/mol. The van der Waals surface area contributed by atoms with Gasteiger partial charge in [-0.1, -0.05) is 77.1 Å². The molecule has 2 aliphatic carbocycles. The number of unbranched alkanes of at least 4 members (excludes halogenated alkanes) is 4. The number of terminal acetylenes is 1. The van der Waals surface area contributed by atoms with Crippen molar-refractivity contribution in [1.82, 2.24) is 10.2 Å². The zero-order chi connectivity index (χ0) is 24.4. The van der Waals surface area contributed by atoms with Gasteiger partial charge < -0.3 is 0 Å². The van der Waals surface area contributed by atoms with Crippen molar-refractivity contribution in [2.24, 2.45) is 23.7 Å². The zero-order valence-electron chi connectivity index (χ0n) is 21.8. The molecule has 184 valence electrons. The van der Waals surface area contributed by atoms with E-state index in [2.05, 4.69) is 60.6 Å². The molecule has 0 unspecified atom stereocenters. The van der Waals surface area contributed by atoms with Gasteiger partial charge in [0.2, 0.25) is 0 Å². The second-order valence-electron chi connectivity index (χ2n) is 10.3. The van der Waals surface area contributed by atoms with Crippen LogP contribution in [0.2, 0.25) is 0 Å². The van der Waals surface area contributed by atoms with E-state index in [0.29, 0.717) is 11.8 Å². The quantitative estimate of drug-likeness (QED) is 0.290. The molecule has 0 atom stereocenters. The highest BCUT2D eigenvalue weighted by Gasteiger charge is 2.20. The summed E-state index contributed by atoms with van der Waals surface area (Å²) in [5.74, 6) is 16.4. The third-order valence-corrected chi connectivity index (χ3v) is 7.60. The van der Waals surface area contributed by atoms with Crippen LogP contribution in [0.15, 0.2) is 12.1 Å². The summed E-state index contributed by atoms with van der Waals surface area (Å²) < 4.78 is 0. The minimum atomic E-state index is 0.538. The van der Waals surface area contributed by atoms with Crippen molar-refractivity contribution < 1.29 is 0 Å². The summed E-state index contributed by atoms with van der Waals surface area (Å²) in [6, 6.07) is 3.98. The van der Waals surface area contributed by atoms with Gasteiger partial charge >= 0.3 is 0 Å². The van der Waals surface area contributed by atoms with Gasteiger partial charge in [0.25, 0.3) is 0 Å². The zero-order valence-corrected chi connectivity index (χ0v) is 21.8. The summed E-state index contributed by atoms with van der Waals surface area (Å²) in [6.07, 6.45) is 29.5. The third kappa shape index (κ3) is 10.8.